The minimum absolute atomic E-state index is 0.0639. The number of aryl methyl sites for hydroxylation is 2. The lowest BCUT2D eigenvalue weighted by atomic mass is 10.1. The molecule has 0 saturated carbocycles. The van der Waals surface area contributed by atoms with Crippen molar-refractivity contribution >= 4 is 11.8 Å². The second-order valence-corrected chi connectivity index (χ2v) is 5.84. The summed E-state index contributed by atoms with van der Waals surface area (Å²) in [6, 6.07) is 8.70. The van der Waals surface area contributed by atoms with E-state index in [0.717, 1.165) is 28.8 Å². The monoisotopic (exact) mass is 346 g/mol. The van der Waals surface area contributed by atoms with Gasteiger partial charge in [-0.3, -0.25) is 9.59 Å². The van der Waals surface area contributed by atoms with Gasteiger partial charge < -0.3 is 10.6 Å². The van der Waals surface area contributed by atoms with Gasteiger partial charge in [0.1, 0.15) is 11.6 Å². The van der Waals surface area contributed by atoms with Crippen LogP contribution in [0, 0.1) is 25.5 Å². The van der Waals surface area contributed by atoms with Crippen molar-refractivity contribution in [2.45, 2.75) is 26.8 Å². The number of carbonyl (C=O) groups excluding carboxylic acids is 2. The van der Waals surface area contributed by atoms with Gasteiger partial charge in [0.2, 0.25) is 5.91 Å². The Bertz CT molecular complexity index is 791. The molecule has 4 nitrogen and oxygen atoms in total. The number of carbonyl (C=O) groups is 2. The summed E-state index contributed by atoms with van der Waals surface area (Å²) in [5.41, 5.74) is 3.03. The molecule has 2 amide bonds. The first kappa shape index (κ1) is 18.6. The molecule has 0 atom stereocenters. The summed E-state index contributed by atoms with van der Waals surface area (Å²) in [7, 11) is 0. The fraction of sp³-hybridized carbons (Fsp3) is 0.263. The zero-order valence-electron chi connectivity index (χ0n) is 14.2. The summed E-state index contributed by atoms with van der Waals surface area (Å²) in [4.78, 5) is 23.6. The molecule has 0 heterocycles. The molecule has 2 aromatic carbocycles. The molecule has 25 heavy (non-hydrogen) atoms. The van der Waals surface area contributed by atoms with E-state index in [4.69, 9.17) is 0 Å². The second-order valence-electron chi connectivity index (χ2n) is 5.84. The van der Waals surface area contributed by atoms with Crippen LogP contribution in [0.2, 0.25) is 0 Å². The highest BCUT2D eigenvalue weighted by molar-refractivity contribution is 5.94. The molecule has 0 radical (unpaired) electrons. The van der Waals surface area contributed by atoms with E-state index in [1.54, 1.807) is 0 Å². The van der Waals surface area contributed by atoms with Crippen LogP contribution in [-0.2, 0) is 11.3 Å². The molecule has 132 valence electrons. The number of amides is 2. The SMILES string of the molecule is Cc1ccc(CNC(=O)CCNC(=O)c2ccc(F)cc2F)c(C)c1. The van der Waals surface area contributed by atoms with Crippen molar-refractivity contribution < 1.29 is 18.4 Å². The average Bonchev–Trinajstić information content (AvgIpc) is 2.53. The maximum Gasteiger partial charge on any atom is 0.254 e. The van der Waals surface area contributed by atoms with Gasteiger partial charge in [-0.05, 0) is 37.1 Å². The van der Waals surface area contributed by atoms with Crippen LogP contribution < -0.4 is 10.6 Å². The number of hydrogen-bond donors (Lipinski definition) is 2. The van der Waals surface area contributed by atoms with E-state index in [1.165, 1.54) is 0 Å². The standard InChI is InChI=1S/C19H20F2N2O2/c1-12-3-4-14(13(2)9-12)11-23-18(24)7-8-22-19(25)16-6-5-15(20)10-17(16)21/h3-6,9-10H,7-8,11H2,1-2H3,(H,22,25)(H,23,24). The van der Waals surface area contributed by atoms with Crippen molar-refractivity contribution in [1.29, 1.82) is 0 Å². The maximum atomic E-state index is 13.5. The molecule has 0 unspecified atom stereocenters. The summed E-state index contributed by atoms with van der Waals surface area (Å²) in [6.07, 6.45) is 0.0689. The van der Waals surface area contributed by atoms with Crippen LogP contribution in [0.25, 0.3) is 0 Å². The summed E-state index contributed by atoms with van der Waals surface area (Å²) < 4.78 is 26.3. The maximum absolute atomic E-state index is 13.5. The van der Waals surface area contributed by atoms with Crippen LogP contribution in [0.1, 0.15) is 33.5 Å². The number of nitrogens with one attached hydrogen (secondary N) is 2. The van der Waals surface area contributed by atoms with Crippen molar-refractivity contribution in [1.82, 2.24) is 10.6 Å². The molecule has 0 bridgehead atoms. The van der Waals surface area contributed by atoms with E-state index in [0.29, 0.717) is 12.6 Å². The zero-order chi connectivity index (χ0) is 18.4. The Hall–Kier alpha value is -2.76. The lowest BCUT2D eigenvalue weighted by Crippen LogP contribution is -2.31. The van der Waals surface area contributed by atoms with E-state index in [2.05, 4.69) is 10.6 Å². The molecule has 0 aliphatic carbocycles. The molecule has 0 aromatic heterocycles. The van der Waals surface area contributed by atoms with Gasteiger partial charge in [0.25, 0.3) is 5.91 Å². The molecule has 6 heteroatoms. The molecule has 0 aliphatic rings. The van der Waals surface area contributed by atoms with Crippen molar-refractivity contribution in [3.8, 4) is 0 Å². The van der Waals surface area contributed by atoms with Crippen LogP contribution in [0.15, 0.2) is 36.4 Å². The fourth-order valence-corrected chi connectivity index (χ4v) is 2.38. The van der Waals surface area contributed by atoms with Gasteiger partial charge in [-0.25, -0.2) is 8.78 Å². The van der Waals surface area contributed by atoms with Crippen LogP contribution in [-0.4, -0.2) is 18.4 Å². The van der Waals surface area contributed by atoms with Crippen molar-refractivity contribution in [3.05, 3.63) is 70.3 Å². The van der Waals surface area contributed by atoms with Crippen LogP contribution in [0.3, 0.4) is 0 Å². The number of rotatable bonds is 6. The van der Waals surface area contributed by atoms with E-state index in [-0.39, 0.29) is 24.4 Å². The van der Waals surface area contributed by atoms with Crippen LogP contribution >= 0.6 is 0 Å². The first-order valence-corrected chi connectivity index (χ1v) is 7.93. The molecule has 2 aromatic rings. The Balaban J connectivity index is 1.77. The highest BCUT2D eigenvalue weighted by atomic mass is 19.1. The zero-order valence-corrected chi connectivity index (χ0v) is 14.2. The molecular formula is C19H20F2N2O2. The van der Waals surface area contributed by atoms with Crippen molar-refractivity contribution in [2.75, 3.05) is 6.54 Å². The highest BCUT2D eigenvalue weighted by Crippen LogP contribution is 2.10. The van der Waals surface area contributed by atoms with Gasteiger partial charge in [0, 0.05) is 25.6 Å². The molecule has 0 spiro atoms. The van der Waals surface area contributed by atoms with Crippen LogP contribution in [0.4, 0.5) is 8.78 Å². The van der Waals surface area contributed by atoms with Crippen molar-refractivity contribution in [2.24, 2.45) is 0 Å². The predicted molar refractivity (Wildman–Crippen MR) is 91.1 cm³/mol. The van der Waals surface area contributed by atoms with E-state index < -0.39 is 17.5 Å². The summed E-state index contributed by atoms with van der Waals surface area (Å²) in [5.74, 6) is -2.59. The van der Waals surface area contributed by atoms with E-state index in [1.807, 2.05) is 32.0 Å². The molecule has 2 rings (SSSR count). The van der Waals surface area contributed by atoms with Crippen LogP contribution in [0.5, 0.6) is 0 Å². The van der Waals surface area contributed by atoms with Gasteiger partial charge >= 0.3 is 0 Å². The van der Waals surface area contributed by atoms with Gasteiger partial charge in [0.15, 0.2) is 0 Å². The fourth-order valence-electron chi connectivity index (χ4n) is 2.38. The lowest BCUT2D eigenvalue weighted by molar-refractivity contribution is -0.121. The molecule has 0 aliphatic heterocycles. The Morgan fingerprint density at radius 3 is 2.44 bits per heavy atom. The largest absolute Gasteiger partial charge is 0.352 e. The summed E-state index contributed by atoms with van der Waals surface area (Å²) in [5, 5.41) is 5.22. The third-order valence-electron chi connectivity index (χ3n) is 3.79. The third kappa shape index (κ3) is 5.38. The number of halogens is 2. The Labute approximate surface area is 145 Å². The third-order valence-corrected chi connectivity index (χ3v) is 3.79. The first-order valence-electron chi connectivity index (χ1n) is 7.93. The topological polar surface area (TPSA) is 58.2 Å². The average molecular weight is 346 g/mol. The summed E-state index contributed by atoms with van der Waals surface area (Å²) >= 11 is 0. The minimum atomic E-state index is -0.934. The normalized spacial score (nSPS) is 10.4. The van der Waals surface area contributed by atoms with Gasteiger partial charge in [-0.2, -0.15) is 0 Å². The number of hydrogen-bond acceptors (Lipinski definition) is 2. The van der Waals surface area contributed by atoms with Gasteiger partial charge in [0.05, 0.1) is 5.56 Å². The Morgan fingerprint density at radius 1 is 1.00 bits per heavy atom. The van der Waals surface area contributed by atoms with E-state index >= 15 is 0 Å². The van der Waals surface area contributed by atoms with Gasteiger partial charge in [-0.1, -0.05) is 23.8 Å². The highest BCUT2D eigenvalue weighted by Gasteiger charge is 2.12. The van der Waals surface area contributed by atoms with Crippen molar-refractivity contribution in [3.63, 3.8) is 0 Å². The van der Waals surface area contributed by atoms with Gasteiger partial charge in [-0.15, -0.1) is 0 Å². The van der Waals surface area contributed by atoms with E-state index in [9.17, 15) is 18.4 Å². The molecule has 0 fully saturated rings. The Morgan fingerprint density at radius 2 is 1.76 bits per heavy atom. The first-order chi connectivity index (χ1) is 11.9. The lowest BCUT2D eigenvalue weighted by Gasteiger charge is -2.09. The minimum Gasteiger partial charge on any atom is -0.352 e. The predicted octanol–water partition coefficient (Wildman–Crippen LogP) is 3.02. The molecule has 2 N–H and O–H groups in total. The Kier molecular flexibility index (Phi) is 6.22. The molecular weight excluding hydrogens is 326 g/mol. The molecule has 0 saturated heterocycles. The number of benzene rings is 2. The summed E-state index contributed by atoms with van der Waals surface area (Å²) in [6.45, 7) is 4.45. The smallest absolute Gasteiger partial charge is 0.254 e. The second kappa shape index (κ2) is 8.37. The quantitative estimate of drug-likeness (QED) is 0.845.